The smallest absolute Gasteiger partial charge is 0.146 e. The Bertz CT molecular complexity index is 391. The predicted octanol–water partition coefficient (Wildman–Crippen LogP) is 3.50. The topological polar surface area (TPSA) is 21.3 Å². The highest BCUT2D eigenvalue weighted by Crippen LogP contribution is 2.20. The van der Waals surface area contributed by atoms with E-state index in [1.54, 1.807) is 7.11 Å². The van der Waals surface area contributed by atoms with E-state index in [0.29, 0.717) is 18.5 Å². The molecule has 4 heteroatoms. The Kier molecular flexibility index (Phi) is 4.46. The van der Waals surface area contributed by atoms with Crippen LogP contribution in [0.4, 0.5) is 14.5 Å². The maximum Gasteiger partial charge on any atom is 0.146 e. The first kappa shape index (κ1) is 13.9. The monoisotopic (exact) mass is 243 g/mol. The fourth-order valence-electron chi connectivity index (χ4n) is 1.38. The molecule has 0 atom stereocenters. The molecular formula is C13H19F2NO. The largest absolute Gasteiger partial charge is 0.382 e. The van der Waals surface area contributed by atoms with Crippen molar-refractivity contribution in [3.8, 4) is 0 Å². The molecule has 96 valence electrons. The van der Waals surface area contributed by atoms with Gasteiger partial charge in [0.2, 0.25) is 0 Å². The quantitative estimate of drug-likeness (QED) is 0.854. The highest BCUT2D eigenvalue weighted by Gasteiger charge is 2.16. The summed E-state index contributed by atoms with van der Waals surface area (Å²) in [5, 5.41) is 2.88. The highest BCUT2D eigenvalue weighted by atomic mass is 19.1. The Hall–Kier alpha value is -1.16. The van der Waals surface area contributed by atoms with Gasteiger partial charge < -0.3 is 10.1 Å². The first-order valence-electron chi connectivity index (χ1n) is 5.60. The van der Waals surface area contributed by atoms with E-state index >= 15 is 0 Å². The summed E-state index contributed by atoms with van der Waals surface area (Å²) >= 11 is 0. The lowest BCUT2D eigenvalue weighted by molar-refractivity contribution is 0.0184. The lowest BCUT2D eigenvalue weighted by atomic mass is 10.1. The van der Waals surface area contributed by atoms with Gasteiger partial charge in [-0.3, -0.25) is 0 Å². The number of rotatable bonds is 5. The molecule has 0 spiro atoms. The lowest BCUT2D eigenvalue weighted by Crippen LogP contribution is -2.25. The number of anilines is 1. The molecule has 0 amide bonds. The summed E-state index contributed by atoms with van der Waals surface area (Å²) in [4.78, 5) is 0. The third-order valence-electron chi connectivity index (χ3n) is 2.84. The molecule has 1 aromatic carbocycles. The number of methoxy groups -OCH3 is 1. The van der Waals surface area contributed by atoms with Crippen LogP contribution < -0.4 is 5.32 Å². The third-order valence-corrected chi connectivity index (χ3v) is 2.84. The minimum atomic E-state index is -0.431. The van der Waals surface area contributed by atoms with Gasteiger partial charge in [0.15, 0.2) is 0 Å². The SMILES string of the molecule is COC(C)(C)CCNc1cc(F)c(C)cc1F. The van der Waals surface area contributed by atoms with Gasteiger partial charge in [0.25, 0.3) is 0 Å². The van der Waals surface area contributed by atoms with Crippen molar-refractivity contribution in [2.24, 2.45) is 0 Å². The normalized spacial score (nSPS) is 11.6. The van der Waals surface area contributed by atoms with Crippen LogP contribution in [0.15, 0.2) is 12.1 Å². The molecule has 0 bridgehead atoms. The van der Waals surface area contributed by atoms with Gasteiger partial charge >= 0.3 is 0 Å². The van der Waals surface area contributed by atoms with E-state index in [1.165, 1.54) is 19.1 Å². The zero-order valence-electron chi connectivity index (χ0n) is 10.7. The van der Waals surface area contributed by atoms with Crippen molar-refractivity contribution in [2.75, 3.05) is 19.0 Å². The minimum Gasteiger partial charge on any atom is -0.382 e. The minimum absolute atomic E-state index is 0.194. The molecule has 0 heterocycles. The van der Waals surface area contributed by atoms with E-state index in [0.717, 1.165) is 0 Å². The van der Waals surface area contributed by atoms with E-state index in [1.807, 2.05) is 13.8 Å². The summed E-state index contributed by atoms with van der Waals surface area (Å²) in [5.74, 6) is -0.834. The molecule has 0 fully saturated rings. The Morgan fingerprint density at radius 1 is 1.24 bits per heavy atom. The predicted molar refractivity (Wildman–Crippen MR) is 65.3 cm³/mol. The Morgan fingerprint density at radius 2 is 1.88 bits per heavy atom. The van der Waals surface area contributed by atoms with Crippen molar-refractivity contribution in [3.05, 3.63) is 29.3 Å². The molecule has 1 N–H and O–H groups in total. The van der Waals surface area contributed by atoms with Crippen molar-refractivity contribution < 1.29 is 13.5 Å². The average Bonchev–Trinajstić information content (AvgIpc) is 2.25. The molecule has 0 aliphatic rings. The molecule has 1 rings (SSSR count). The maximum absolute atomic E-state index is 13.5. The molecular weight excluding hydrogens is 224 g/mol. The Morgan fingerprint density at radius 3 is 2.47 bits per heavy atom. The summed E-state index contributed by atoms with van der Waals surface area (Å²) in [6, 6.07) is 2.38. The molecule has 0 aromatic heterocycles. The standard InChI is InChI=1S/C13H19F2NO/c1-9-7-11(15)12(8-10(9)14)16-6-5-13(2,3)17-4/h7-8,16H,5-6H2,1-4H3. The molecule has 0 aliphatic carbocycles. The third kappa shape index (κ3) is 3.97. The molecule has 0 aliphatic heterocycles. The highest BCUT2D eigenvalue weighted by molar-refractivity contribution is 5.46. The molecule has 0 radical (unpaired) electrons. The van der Waals surface area contributed by atoms with Crippen LogP contribution in [0.2, 0.25) is 0 Å². The number of ether oxygens (including phenoxy) is 1. The van der Waals surface area contributed by atoms with Crippen LogP contribution in [-0.4, -0.2) is 19.3 Å². The summed E-state index contributed by atoms with van der Waals surface area (Å²) in [6.45, 7) is 5.96. The van der Waals surface area contributed by atoms with Gasteiger partial charge in [-0.25, -0.2) is 8.78 Å². The first-order chi connectivity index (χ1) is 7.85. The van der Waals surface area contributed by atoms with Crippen LogP contribution in [0.3, 0.4) is 0 Å². The lowest BCUT2D eigenvalue weighted by Gasteiger charge is -2.23. The van der Waals surface area contributed by atoms with Gasteiger partial charge in [0.1, 0.15) is 11.6 Å². The summed E-state index contributed by atoms with van der Waals surface area (Å²) in [6.07, 6.45) is 0.707. The van der Waals surface area contributed by atoms with Crippen molar-refractivity contribution in [3.63, 3.8) is 0 Å². The number of aryl methyl sites for hydroxylation is 1. The number of halogens is 2. The van der Waals surface area contributed by atoms with Crippen LogP contribution in [0.1, 0.15) is 25.8 Å². The van der Waals surface area contributed by atoms with Gasteiger partial charge in [-0.05, 0) is 38.8 Å². The Labute approximate surface area is 101 Å². The van der Waals surface area contributed by atoms with Crippen LogP contribution in [0, 0.1) is 18.6 Å². The van der Waals surface area contributed by atoms with Gasteiger partial charge in [-0.1, -0.05) is 0 Å². The van der Waals surface area contributed by atoms with Crippen molar-refractivity contribution in [1.82, 2.24) is 0 Å². The molecule has 1 aromatic rings. The van der Waals surface area contributed by atoms with E-state index in [4.69, 9.17) is 4.74 Å². The van der Waals surface area contributed by atoms with Gasteiger partial charge in [0, 0.05) is 19.7 Å². The van der Waals surface area contributed by atoms with E-state index in [-0.39, 0.29) is 11.3 Å². The molecule has 2 nitrogen and oxygen atoms in total. The van der Waals surface area contributed by atoms with Gasteiger partial charge in [-0.2, -0.15) is 0 Å². The zero-order chi connectivity index (χ0) is 13.1. The average molecular weight is 243 g/mol. The second-order valence-corrected chi connectivity index (χ2v) is 4.72. The number of benzene rings is 1. The number of hydrogen-bond donors (Lipinski definition) is 1. The number of hydrogen-bond acceptors (Lipinski definition) is 2. The van der Waals surface area contributed by atoms with Crippen molar-refractivity contribution in [2.45, 2.75) is 32.8 Å². The van der Waals surface area contributed by atoms with Crippen LogP contribution >= 0.6 is 0 Å². The molecule has 17 heavy (non-hydrogen) atoms. The van der Waals surface area contributed by atoms with Crippen molar-refractivity contribution >= 4 is 5.69 Å². The summed E-state index contributed by atoms with van der Waals surface area (Å²) in [7, 11) is 1.63. The first-order valence-corrected chi connectivity index (χ1v) is 5.60. The Balaban J connectivity index is 2.61. The fraction of sp³-hybridized carbons (Fsp3) is 0.538. The zero-order valence-corrected chi connectivity index (χ0v) is 10.7. The number of nitrogens with one attached hydrogen (secondary N) is 1. The van der Waals surface area contributed by atoms with E-state index in [9.17, 15) is 8.78 Å². The van der Waals surface area contributed by atoms with E-state index < -0.39 is 11.6 Å². The van der Waals surface area contributed by atoms with Crippen LogP contribution in [-0.2, 0) is 4.74 Å². The maximum atomic E-state index is 13.5. The van der Waals surface area contributed by atoms with Gasteiger partial charge in [-0.15, -0.1) is 0 Å². The second-order valence-electron chi connectivity index (χ2n) is 4.72. The van der Waals surface area contributed by atoms with E-state index in [2.05, 4.69) is 5.32 Å². The molecule has 0 unspecified atom stereocenters. The molecule has 0 saturated heterocycles. The molecule has 0 saturated carbocycles. The van der Waals surface area contributed by atoms with Crippen LogP contribution in [0.25, 0.3) is 0 Å². The van der Waals surface area contributed by atoms with Crippen LogP contribution in [0.5, 0.6) is 0 Å². The second kappa shape index (κ2) is 5.45. The van der Waals surface area contributed by atoms with Crippen molar-refractivity contribution in [1.29, 1.82) is 0 Å². The fourth-order valence-corrected chi connectivity index (χ4v) is 1.38. The summed E-state index contributed by atoms with van der Waals surface area (Å²) in [5.41, 5.74) is 0.234. The van der Waals surface area contributed by atoms with Gasteiger partial charge in [0.05, 0.1) is 11.3 Å². The summed E-state index contributed by atoms with van der Waals surface area (Å²) < 4.78 is 32.0.